The zero-order chi connectivity index (χ0) is 13.8. The normalized spacial score (nSPS) is 13.8. The number of ketones is 1. The zero-order valence-corrected chi connectivity index (χ0v) is 13.1. The van der Waals surface area contributed by atoms with Gasteiger partial charge in [0.2, 0.25) is 0 Å². The molecule has 98 valence electrons. The summed E-state index contributed by atoms with van der Waals surface area (Å²) in [6.45, 7) is 0. The van der Waals surface area contributed by atoms with Gasteiger partial charge < -0.3 is 0 Å². The Morgan fingerprint density at radius 3 is 2.16 bits per heavy atom. The first-order valence-electron chi connectivity index (χ1n) is 5.72. The molecule has 0 radical (unpaired) electrons. The fourth-order valence-electron chi connectivity index (χ4n) is 1.71. The van der Waals surface area contributed by atoms with Crippen LogP contribution in [0.25, 0.3) is 0 Å². The zero-order valence-electron chi connectivity index (χ0n) is 9.89. The summed E-state index contributed by atoms with van der Waals surface area (Å²) in [5.41, 5.74) is 0.985. The second kappa shape index (κ2) is 6.44. The van der Waals surface area contributed by atoms with Crippen molar-refractivity contribution in [3.8, 4) is 0 Å². The van der Waals surface area contributed by atoms with Crippen LogP contribution in [0.3, 0.4) is 0 Å². The number of alkyl halides is 2. The van der Waals surface area contributed by atoms with Gasteiger partial charge >= 0.3 is 0 Å². The lowest BCUT2D eigenvalue weighted by atomic mass is 10.0. The van der Waals surface area contributed by atoms with Gasteiger partial charge in [-0.15, -0.1) is 0 Å². The second-order valence-corrected chi connectivity index (χ2v) is 5.99. The van der Waals surface area contributed by atoms with Crippen LogP contribution in [0.2, 0.25) is 0 Å². The monoisotopic (exact) mass is 384 g/mol. The molecule has 0 N–H and O–H groups in total. The third-order valence-electron chi connectivity index (χ3n) is 2.75. The van der Waals surface area contributed by atoms with Gasteiger partial charge in [0.25, 0.3) is 0 Å². The summed E-state index contributed by atoms with van der Waals surface area (Å²) in [6.07, 6.45) is -1.37. The van der Waals surface area contributed by atoms with Gasteiger partial charge in [0.15, 0.2) is 5.78 Å². The molecule has 0 bridgehead atoms. The maximum Gasteiger partial charge on any atom is 0.179 e. The van der Waals surface area contributed by atoms with E-state index >= 15 is 0 Å². The van der Waals surface area contributed by atoms with E-state index in [1.165, 1.54) is 0 Å². The van der Waals surface area contributed by atoms with Gasteiger partial charge in [0.05, 0.1) is 0 Å². The van der Waals surface area contributed by atoms with Gasteiger partial charge in [-0.1, -0.05) is 74.3 Å². The van der Waals surface area contributed by atoms with Crippen molar-refractivity contribution >= 4 is 37.6 Å². The largest absolute Gasteiger partial charge is 0.293 e. The number of Topliss-reactive ketones (excluding diaryl/α,β-unsaturated/α-hetero) is 1. The summed E-state index contributed by atoms with van der Waals surface area (Å²) in [7, 11) is 0. The second-order valence-electron chi connectivity index (χ2n) is 4.09. The van der Waals surface area contributed by atoms with Crippen molar-refractivity contribution in [1.29, 1.82) is 0 Å². The highest BCUT2D eigenvalue weighted by Crippen LogP contribution is 2.30. The van der Waals surface area contributed by atoms with E-state index in [2.05, 4.69) is 31.9 Å². The minimum absolute atomic E-state index is 0.254. The van der Waals surface area contributed by atoms with Crippen LogP contribution in [0.5, 0.6) is 0 Å². The molecule has 19 heavy (non-hydrogen) atoms. The highest BCUT2D eigenvalue weighted by molar-refractivity contribution is 9.10. The molecule has 2 atom stereocenters. The van der Waals surface area contributed by atoms with Gasteiger partial charge in [0, 0.05) is 10.0 Å². The summed E-state index contributed by atoms with van der Waals surface area (Å²) in [5.74, 6) is -0.254. The average Bonchev–Trinajstić information content (AvgIpc) is 2.46. The first kappa shape index (κ1) is 14.4. The SMILES string of the molecule is O=C(c1ccccc1)C(Br)C(F)c1ccc(Br)cc1. The molecule has 2 rings (SSSR count). The Bertz CT molecular complexity index is 554. The molecular formula is C15H11Br2FO. The molecule has 2 unspecified atom stereocenters. The van der Waals surface area contributed by atoms with E-state index in [9.17, 15) is 9.18 Å². The summed E-state index contributed by atoms with van der Waals surface area (Å²) in [6, 6.07) is 15.6. The maximum absolute atomic E-state index is 14.3. The van der Waals surface area contributed by atoms with E-state index in [0.717, 1.165) is 4.47 Å². The predicted molar refractivity (Wildman–Crippen MR) is 81.5 cm³/mol. The molecule has 0 saturated carbocycles. The number of carbonyl (C=O) groups excluding carboxylic acids is 1. The van der Waals surface area contributed by atoms with Crippen LogP contribution in [-0.4, -0.2) is 10.6 Å². The molecule has 0 spiro atoms. The summed E-state index contributed by atoms with van der Waals surface area (Å²) >= 11 is 6.46. The molecule has 0 aliphatic rings. The minimum Gasteiger partial charge on any atom is -0.293 e. The van der Waals surface area contributed by atoms with E-state index in [1.807, 2.05) is 6.07 Å². The van der Waals surface area contributed by atoms with Gasteiger partial charge in [-0.3, -0.25) is 4.79 Å². The van der Waals surface area contributed by atoms with Crippen molar-refractivity contribution in [2.75, 3.05) is 0 Å². The molecule has 0 aliphatic heterocycles. The third-order valence-corrected chi connectivity index (χ3v) is 4.16. The van der Waals surface area contributed by atoms with E-state index in [0.29, 0.717) is 11.1 Å². The molecule has 2 aromatic rings. The van der Waals surface area contributed by atoms with Gasteiger partial charge in [-0.05, 0) is 17.7 Å². The first-order valence-corrected chi connectivity index (χ1v) is 7.43. The van der Waals surface area contributed by atoms with Crippen LogP contribution >= 0.6 is 31.9 Å². The van der Waals surface area contributed by atoms with Crippen LogP contribution in [0.1, 0.15) is 22.1 Å². The summed E-state index contributed by atoms with van der Waals surface area (Å²) in [4.78, 5) is 11.3. The maximum atomic E-state index is 14.3. The van der Waals surface area contributed by atoms with Gasteiger partial charge in [0.1, 0.15) is 11.0 Å². The highest BCUT2D eigenvalue weighted by Gasteiger charge is 2.27. The number of rotatable bonds is 4. The predicted octanol–water partition coefficient (Wildman–Crippen LogP) is 5.11. The Kier molecular flexibility index (Phi) is 4.88. The Hall–Kier alpha value is -1.00. The van der Waals surface area contributed by atoms with E-state index in [1.54, 1.807) is 48.5 Å². The molecule has 0 amide bonds. The lowest BCUT2D eigenvalue weighted by Gasteiger charge is -2.14. The first-order chi connectivity index (χ1) is 9.09. The minimum atomic E-state index is -1.37. The molecule has 0 aromatic heterocycles. The van der Waals surface area contributed by atoms with Crippen LogP contribution in [-0.2, 0) is 0 Å². The highest BCUT2D eigenvalue weighted by atomic mass is 79.9. The molecule has 0 saturated heterocycles. The topological polar surface area (TPSA) is 17.1 Å². The van der Waals surface area contributed by atoms with Crippen molar-refractivity contribution in [3.05, 3.63) is 70.2 Å². The molecular weight excluding hydrogens is 375 g/mol. The van der Waals surface area contributed by atoms with Crippen molar-refractivity contribution in [1.82, 2.24) is 0 Å². The standard InChI is InChI=1S/C15H11Br2FO/c16-12-8-6-10(7-9-12)14(18)13(17)15(19)11-4-2-1-3-5-11/h1-9,13-14H. The van der Waals surface area contributed by atoms with Crippen LogP contribution < -0.4 is 0 Å². The lowest BCUT2D eigenvalue weighted by Crippen LogP contribution is -2.20. The molecule has 0 heterocycles. The number of halogens is 3. The van der Waals surface area contributed by atoms with Crippen molar-refractivity contribution in [2.24, 2.45) is 0 Å². The Morgan fingerprint density at radius 2 is 1.58 bits per heavy atom. The van der Waals surface area contributed by atoms with Crippen molar-refractivity contribution < 1.29 is 9.18 Å². The number of hydrogen-bond donors (Lipinski definition) is 0. The number of benzene rings is 2. The van der Waals surface area contributed by atoms with Crippen LogP contribution in [0, 0.1) is 0 Å². The Balaban J connectivity index is 2.17. The number of hydrogen-bond acceptors (Lipinski definition) is 1. The Morgan fingerprint density at radius 1 is 1.00 bits per heavy atom. The molecule has 4 heteroatoms. The van der Waals surface area contributed by atoms with Gasteiger partial charge in [-0.2, -0.15) is 0 Å². The van der Waals surface area contributed by atoms with E-state index in [4.69, 9.17) is 0 Å². The fraction of sp³-hybridized carbons (Fsp3) is 0.133. The summed E-state index contributed by atoms with van der Waals surface area (Å²) < 4.78 is 15.2. The molecule has 1 nitrogen and oxygen atoms in total. The molecule has 2 aromatic carbocycles. The Labute approximate surface area is 128 Å². The molecule has 0 aliphatic carbocycles. The smallest absolute Gasteiger partial charge is 0.179 e. The average molecular weight is 386 g/mol. The van der Waals surface area contributed by atoms with Crippen LogP contribution in [0.4, 0.5) is 4.39 Å². The van der Waals surface area contributed by atoms with E-state index in [-0.39, 0.29) is 5.78 Å². The van der Waals surface area contributed by atoms with E-state index < -0.39 is 11.0 Å². The summed E-state index contributed by atoms with van der Waals surface area (Å²) in [5, 5.41) is 0. The fourth-order valence-corrected chi connectivity index (χ4v) is 2.54. The number of carbonyl (C=O) groups is 1. The van der Waals surface area contributed by atoms with Crippen molar-refractivity contribution in [2.45, 2.75) is 11.0 Å². The van der Waals surface area contributed by atoms with Gasteiger partial charge in [-0.25, -0.2) is 4.39 Å². The van der Waals surface area contributed by atoms with Crippen molar-refractivity contribution in [3.63, 3.8) is 0 Å². The quantitative estimate of drug-likeness (QED) is 0.528. The lowest BCUT2D eigenvalue weighted by molar-refractivity contribution is 0.0960. The molecule has 0 fully saturated rings. The third kappa shape index (κ3) is 3.51. The van der Waals surface area contributed by atoms with Crippen LogP contribution in [0.15, 0.2) is 59.1 Å².